The van der Waals surface area contributed by atoms with Gasteiger partial charge in [0.05, 0.1) is 5.41 Å². The van der Waals surface area contributed by atoms with Crippen LogP contribution in [0.4, 0.5) is 0 Å². The first-order valence-corrected chi connectivity index (χ1v) is 12.4. The number of hydrogen-bond acceptors (Lipinski definition) is 2. The molecule has 168 valence electrons. The number of benzene rings is 3. The van der Waals surface area contributed by atoms with Gasteiger partial charge in [-0.25, -0.2) is 0 Å². The third-order valence-corrected chi connectivity index (χ3v) is 6.70. The molecule has 0 bridgehead atoms. The highest BCUT2D eigenvalue weighted by atomic mass is 32.2. The molecule has 33 heavy (non-hydrogen) atoms. The van der Waals surface area contributed by atoms with E-state index in [0.717, 1.165) is 22.6 Å². The van der Waals surface area contributed by atoms with Crippen LogP contribution in [0.3, 0.4) is 0 Å². The van der Waals surface area contributed by atoms with E-state index in [1.165, 1.54) is 5.56 Å². The Morgan fingerprint density at radius 1 is 0.818 bits per heavy atom. The average molecular weight is 454 g/mol. The lowest BCUT2D eigenvalue weighted by Crippen LogP contribution is -2.46. The van der Waals surface area contributed by atoms with Crippen LogP contribution in [0.2, 0.25) is 0 Å². The number of carbonyl (C=O) groups is 1. The van der Waals surface area contributed by atoms with Gasteiger partial charge >= 0.3 is 0 Å². The highest BCUT2D eigenvalue weighted by Crippen LogP contribution is 2.45. The number of thioether (sulfide) groups is 1. The molecule has 1 atom stereocenters. The Balaban J connectivity index is 1.73. The Morgan fingerprint density at radius 2 is 1.36 bits per heavy atom. The zero-order valence-corrected chi connectivity index (χ0v) is 20.4. The van der Waals surface area contributed by atoms with Crippen molar-refractivity contribution in [2.24, 2.45) is 5.41 Å². The van der Waals surface area contributed by atoms with E-state index in [1.807, 2.05) is 47.4 Å². The summed E-state index contributed by atoms with van der Waals surface area (Å²) in [5.41, 5.74) is 3.44. The molecule has 1 heterocycles. The first kappa shape index (κ1) is 23.1. The zero-order chi connectivity index (χ0) is 23.3. The van der Waals surface area contributed by atoms with Gasteiger partial charge in [-0.1, -0.05) is 97.1 Å². The van der Waals surface area contributed by atoms with Gasteiger partial charge in [-0.05, 0) is 55.4 Å². The Morgan fingerprint density at radius 3 is 1.94 bits per heavy atom. The molecule has 0 radical (unpaired) electrons. The van der Waals surface area contributed by atoms with Gasteiger partial charge in [0, 0.05) is 17.0 Å². The van der Waals surface area contributed by atoms with Gasteiger partial charge in [-0.3, -0.25) is 4.79 Å². The van der Waals surface area contributed by atoms with Crippen LogP contribution in [0.25, 0.3) is 5.70 Å². The number of amides is 1. The minimum absolute atomic E-state index is 0.134. The second-order valence-corrected chi connectivity index (χ2v) is 10.4. The maximum absolute atomic E-state index is 14.1. The van der Waals surface area contributed by atoms with Gasteiger partial charge in [0.25, 0.3) is 0 Å². The lowest BCUT2D eigenvalue weighted by molar-refractivity contribution is -0.135. The smallest absolute Gasteiger partial charge is 0.241 e. The van der Waals surface area contributed by atoms with Crippen molar-refractivity contribution in [1.29, 1.82) is 0 Å². The highest BCUT2D eigenvalue weighted by molar-refractivity contribution is 8.01. The molecule has 3 aromatic carbocycles. The average Bonchev–Trinajstić information content (AvgIpc) is 3.11. The van der Waals surface area contributed by atoms with Crippen LogP contribution >= 0.6 is 11.8 Å². The normalized spacial score (nSPS) is 18.7. The van der Waals surface area contributed by atoms with Gasteiger partial charge in [0.1, 0.15) is 0 Å². The van der Waals surface area contributed by atoms with Crippen molar-refractivity contribution in [3.05, 3.63) is 125 Å². The minimum Gasteiger partial charge on any atom is -0.306 e. The van der Waals surface area contributed by atoms with Crippen molar-refractivity contribution in [2.75, 3.05) is 0 Å². The quantitative estimate of drug-likeness (QED) is 0.373. The molecule has 2 nitrogen and oxygen atoms in total. The Hall–Kier alpha value is -3.04. The van der Waals surface area contributed by atoms with Crippen LogP contribution in [-0.2, 0) is 17.0 Å². The largest absolute Gasteiger partial charge is 0.306 e. The van der Waals surface area contributed by atoms with Crippen LogP contribution in [0, 0.1) is 5.41 Å². The Kier molecular flexibility index (Phi) is 6.90. The first-order valence-electron chi connectivity index (χ1n) is 11.4. The Labute approximate surface area is 202 Å². The minimum atomic E-state index is -0.719. The zero-order valence-electron chi connectivity index (χ0n) is 19.6. The third-order valence-electron chi connectivity index (χ3n) is 5.87. The molecule has 1 aliphatic heterocycles. The lowest BCUT2D eigenvalue weighted by atomic mass is 9.81. The number of carbonyl (C=O) groups excluding carboxylic acids is 1. The molecule has 0 N–H and O–H groups in total. The van der Waals surface area contributed by atoms with Gasteiger partial charge in [-0.2, -0.15) is 0 Å². The third kappa shape index (κ3) is 5.31. The van der Waals surface area contributed by atoms with Crippen LogP contribution in [0.1, 0.15) is 37.5 Å². The van der Waals surface area contributed by atoms with Crippen molar-refractivity contribution in [3.8, 4) is 0 Å². The van der Waals surface area contributed by atoms with Crippen molar-refractivity contribution >= 4 is 23.4 Å². The van der Waals surface area contributed by atoms with Crippen LogP contribution in [-0.4, -0.2) is 16.3 Å². The van der Waals surface area contributed by atoms with Crippen LogP contribution in [0.15, 0.2) is 109 Å². The van der Waals surface area contributed by atoms with E-state index in [-0.39, 0.29) is 11.4 Å². The Bertz CT molecular complexity index is 1130. The first-order chi connectivity index (χ1) is 15.9. The van der Waals surface area contributed by atoms with Crippen molar-refractivity contribution in [2.45, 2.75) is 38.5 Å². The maximum atomic E-state index is 14.1. The second kappa shape index (κ2) is 9.84. The van der Waals surface area contributed by atoms with E-state index in [4.69, 9.17) is 0 Å². The molecular formula is C30H31NOS. The van der Waals surface area contributed by atoms with E-state index in [0.29, 0.717) is 6.42 Å². The molecule has 1 unspecified atom stereocenters. The fourth-order valence-corrected chi connectivity index (χ4v) is 5.12. The van der Waals surface area contributed by atoms with E-state index in [9.17, 15) is 4.79 Å². The molecule has 1 aliphatic rings. The monoisotopic (exact) mass is 453 g/mol. The molecule has 3 heteroatoms. The highest BCUT2D eigenvalue weighted by Gasteiger charge is 2.48. The molecule has 3 aromatic rings. The van der Waals surface area contributed by atoms with Gasteiger partial charge in [0.15, 0.2) is 0 Å². The van der Waals surface area contributed by atoms with Crippen LogP contribution in [0.5, 0.6) is 0 Å². The van der Waals surface area contributed by atoms with E-state index in [1.54, 1.807) is 11.8 Å². The SMILES string of the molecule is CC(C)(C)N1C(=O)C(/C=C\SCc2ccccc2)(Cc2ccccc2)C=C1c1ccccc1. The summed E-state index contributed by atoms with van der Waals surface area (Å²) in [7, 11) is 0. The van der Waals surface area contributed by atoms with Crippen molar-refractivity contribution in [3.63, 3.8) is 0 Å². The molecule has 0 saturated carbocycles. The molecule has 0 saturated heterocycles. The maximum Gasteiger partial charge on any atom is 0.241 e. The van der Waals surface area contributed by atoms with Gasteiger partial charge < -0.3 is 4.90 Å². The lowest BCUT2D eigenvalue weighted by Gasteiger charge is -2.36. The second-order valence-electron chi connectivity index (χ2n) is 9.51. The predicted octanol–water partition coefficient (Wildman–Crippen LogP) is 7.34. The summed E-state index contributed by atoms with van der Waals surface area (Å²) in [4.78, 5) is 16.1. The molecule has 4 rings (SSSR count). The predicted molar refractivity (Wildman–Crippen MR) is 140 cm³/mol. The summed E-state index contributed by atoms with van der Waals surface area (Å²) in [5, 5.41) is 2.11. The molecule has 0 aromatic heterocycles. The number of nitrogens with zero attached hydrogens (tertiary/aromatic N) is 1. The van der Waals surface area contributed by atoms with E-state index < -0.39 is 5.41 Å². The van der Waals surface area contributed by atoms with Gasteiger partial charge in [0.2, 0.25) is 5.91 Å². The summed E-state index contributed by atoms with van der Waals surface area (Å²) >= 11 is 1.73. The number of rotatable bonds is 7. The number of hydrogen-bond donors (Lipinski definition) is 0. The topological polar surface area (TPSA) is 20.3 Å². The van der Waals surface area contributed by atoms with Crippen molar-refractivity contribution in [1.82, 2.24) is 4.90 Å². The van der Waals surface area contributed by atoms with Crippen LogP contribution < -0.4 is 0 Å². The van der Waals surface area contributed by atoms with Crippen molar-refractivity contribution < 1.29 is 4.79 Å². The summed E-state index contributed by atoms with van der Waals surface area (Å²) in [6, 6.07) is 31.0. The van der Waals surface area contributed by atoms with E-state index in [2.05, 4.69) is 86.9 Å². The molecule has 0 fully saturated rings. The van der Waals surface area contributed by atoms with Gasteiger partial charge in [-0.15, -0.1) is 11.8 Å². The summed E-state index contributed by atoms with van der Waals surface area (Å²) < 4.78 is 0. The summed E-state index contributed by atoms with van der Waals surface area (Å²) in [5.74, 6) is 1.01. The summed E-state index contributed by atoms with van der Waals surface area (Å²) in [6.45, 7) is 6.32. The fraction of sp³-hybridized carbons (Fsp3) is 0.233. The molecule has 1 amide bonds. The molecule has 0 spiro atoms. The molecule has 0 aliphatic carbocycles. The van der Waals surface area contributed by atoms with E-state index >= 15 is 0 Å². The standard InChI is InChI=1S/C30H31NOS/c1-29(2,3)31-27(26-17-11-6-12-18-26)22-30(28(31)32,21-24-13-7-4-8-14-24)19-20-33-23-25-15-9-5-10-16-25/h4-20,22H,21,23H2,1-3H3/b20-19-. The molecular weight excluding hydrogens is 422 g/mol. The summed E-state index contributed by atoms with van der Waals surface area (Å²) in [6.07, 6.45) is 4.94. The fourth-order valence-electron chi connectivity index (χ4n) is 4.30.